The number of benzene rings is 2. The number of ether oxygens (including phenoxy) is 1. The normalized spacial score (nSPS) is 11.7. The highest BCUT2D eigenvalue weighted by atomic mass is 16.5. The van der Waals surface area contributed by atoms with Crippen molar-refractivity contribution in [2.75, 3.05) is 0 Å². The van der Waals surface area contributed by atoms with E-state index >= 15 is 0 Å². The van der Waals surface area contributed by atoms with E-state index in [9.17, 15) is 4.79 Å². The highest BCUT2D eigenvalue weighted by Crippen LogP contribution is 2.25. The van der Waals surface area contributed by atoms with Crippen LogP contribution in [0.2, 0.25) is 0 Å². The van der Waals surface area contributed by atoms with Gasteiger partial charge < -0.3 is 4.74 Å². The van der Waals surface area contributed by atoms with Crippen LogP contribution in [0.25, 0.3) is 0 Å². The van der Waals surface area contributed by atoms with E-state index < -0.39 is 6.10 Å². The van der Waals surface area contributed by atoms with Gasteiger partial charge in [-0.05, 0) is 35.7 Å². The molecule has 1 atom stereocenters. The lowest BCUT2D eigenvalue weighted by Gasteiger charge is -2.18. The minimum absolute atomic E-state index is 0.253. The molecule has 3 aromatic rings. The van der Waals surface area contributed by atoms with E-state index in [2.05, 4.69) is 4.98 Å². The molecule has 0 saturated carbocycles. The molecule has 0 aliphatic rings. The van der Waals surface area contributed by atoms with Gasteiger partial charge in [-0.1, -0.05) is 60.7 Å². The van der Waals surface area contributed by atoms with Crippen LogP contribution in [0.3, 0.4) is 0 Å². The molecule has 0 saturated heterocycles. The molecule has 0 amide bonds. The summed E-state index contributed by atoms with van der Waals surface area (Å²) in [6, 6.07) is 23.2. The van der Waals surface area contributed by atoms with Gasteiger partial charge in [0.2, 0.25) is 0 Å². The molecular weight excluding hydrogens is 298 g/mol. The number of hydrogen-bond acceptors (Lipinski definition) is 3. The number of pyridine rings is 1. The van der Waals surface area contributed by atoms with Crippen molar-refractivity contribution >= 4 is 5.97 Å². The maximum atomic E-state index is 12.5. The Kier molecular flexibility index (Phi) is 5.02. The van der Waals surface area contributed by atoms with Gasteiger partial charge in [0.25, 0.3) is 0 Å². The Balaban J connectivity index is 1.82. The molecule has 0 aliphatic carbocycles. The van der Waals surface area contributed by atoms with Crippen molar-refractivity contribution in [3.63, 3.8) is 0 Å². The second-order valence-corrected chi connectivity index (χ2v) is 5.64. The van der Waals surface area contributed by atoms with Crippen LogP contribution in [0.1, 0.15) is 28.5 Å². The van der Waals surface area contributed by atoms with Gasteiger partial charge >= 0.3 is 5.97 Å². The third-order valence-corrected chi connectivity index (χ3v) is 3.90. The number of esters is 1. The second-order valence-electron chi connectivity index (χ2n) is 5.64. The summed E-state index contributed by atoms with van der Waals surface area (Å²) in [5.41, 5.74) is 3.70. The molecule has 0 fully saturated rings. The van der Waals surface area contributed by atoms with E-state index in [0.717, 1.165) is 22.4 Å². The molecule has 0 spiro atoms. The average molecular weight is 317 g/mol. The highest BCUT2D eigenvalue weighted by molar-refractivity contribution is 5.73. The maximum Gasteiger partial charge on any atom is 0.311 e. The highest BCUT2D eigenvalue weighted by Gasteiger charge is 2.20. The predicted octanol–water partition coefficient (Wildman–Crippen LogP) is 4.27. The Morgan fingerprint density at radius 2 is 1.67 bits per heavy atom. The first kappa shape index (κ1) is 15.9. The topological polar surface area (TPSA) is 39.2 Å². The van der Waals surface area contributed by atoms with Crippen LogP contribution in [-0.4, -0.2) is 11.0 Å². The Morgan fingerprint density at radius 3 is 2.38 bits per heavy atom. The molecule has 1 heterocycles. The first-order chi connectivity index (χ1) is 11.7. The summed E-state index contributed by atoms with van der Waals surface area (Å²) in [6.45, 7) is 2.00. The minimum Gasteiger partial charge on any atom is -0.451 e. The molecule has 0 radical (unpaired) electrons. The fourth-order valence-corrected chi connectivity index (χ4v) is 2.60. The zero-order valence-corrected chi connectivity index (χ0v) is 13.6. The third kappa shape index (κ3) is 3.87. The summed E-state index contributed by atoms with van der Waals surface area (Å²) in [7, 11) is 0. The van der Waals surface area contributed by atoms with Crippen LogP contribution < -0.4 is 0 Å². The van der Waals surface area contributed by atoms with Crippen LogP contribution in [0.15, 0.2) is 79.0 Å². The molecule has 3 rings (SSSR count). The Hall–Kier alpha value is -2.94. The molecule has 0 aliphatic heterocycles. The van der Waals surface area contributed by atoms with Crippen LogP contribution in [-0.2, 0) is 16.0 Å². The number of carbonyl (C=O) groups excluding carboxylic acids is 1. The molecule has 3 heteroatoms. The van der Waals surface area contributed by atoms with Crippen molar-refractivity contribution < 1.29 is 9.53 Å². The van der Waals surface area contributed by atoms with Gasteiger partial charge in [-0.25, -0.2) is 0 Å². The lowest BCUT2D eigenvalue weighted by Crippen LogP contribution is -2.16. The summed E-state index contributed by atoms with van der Waals surface area (Å²) in [4.78, 5) is 16.8. The van der Waals surface area contributed by atoms with Crippen molar-refractivity contribution in [2.24, 2.45) is 0 Å². The van der Waals surface area contributed by atoms with Crippen molar-refractivity contribution in [3.05, 3.63) is 101 Å². The molecule has 24 heavy (non-hydrogen) atoms. The number of nitrogens with zero attached hydrogens (tertiary/aromatic N) is 1. The number of carbonyl (C=O) groups is 1. The predicted molar refractivity (Wildman–Crippen MR) is 93.5 cm³/mol. The lowest BCUT2D eigenvalue weighted by atomic mass is 10.0. The smallest absolute Gasteiger partial charge is 0.311 e. The molecular formula is C21H19NO2. The Morgan fingerprint density at radius 1 is 0.958 bits per heavy atom. The second kappa shape index (κ2) is 7.55. The largest absolute Gasteiger partial charge is 0.451 e. The van der Waals surface area contributed by atoms with Gasteiger partial charge in [-0.3, -0.25) is 9.78 Å². The number of hydrogen-bond donors (Lipinski definition) is 0. The lowest BCUT2D eigenvalue weighted by molar-refractivity contribution is -0.146. The standard InChI is InChI=1S/C21H19NO2/c1-16-9-5-6-12-18(16)15-20(23)24-21(17-10-3-2-4-11-17)19-13-7-8-14-22-19/h2-14,21H,15H2,1H3/t21-/m0/s1. The molecule has 120 valence electrons. The van der Waals surface area contributed by atoms with Gasteiger partial charge in [-0.15, -0.1) is 0 Å². The number of rotatable bonds is 5. The molecule has 3 nitrogen and oxygen atoms in total. The summed E-state index contributed by atoms with van der Waals surface area (Å²) in [6.07, 6.45) is 1.47. The van der Waals surface area contributed by atoms with Gasteiger partial charge in [0, 0.05) is 6.20 Å². The maximum absolute atomic E-state index is 12.5. The van der Waals surface area contributed by atoms with Crippen molar-refractivity contribution in [2.45, 2.75) is 19.4 Å². The summed E-state index contributed by atoms with van der Waals surface area (Å²) >= 11 is 0. The van der Waals surface area contributed by atoms with Gasteiger partial charge in [-0.2, -0.15) is 0 Å². The fourth-order valence-electron chi connectivity index (χ4n) is 2.60. The van der Waals surface area contributed by atoms with Gasteiger partial charge in [0.1, 0.15) is 0 Å². The van der Waals surface area contributed by atoms with E-state index in [0.29, 0.717) is 0 Å². The van der Waals surface area contributed by atoms with Crippen LogP contribution in [0, 0.1) is 6.92 Å². The quantitative estimate of drug-likeness (QED) is 0.660. The van der Waals surface area contributed by atoms with E-state index in [4.69, 9.17) is 4.74 Å². The minimum atomic E-state index is -0.496. The molecule has 2 aromatic carbocycles. The summed E-state index contributed by atoms with van der Waals surface area (Å²) in [5, 5.41) is 0. The Labute approximate surface area is 142 Å². The van der Waals surface area contributed by atoms with Gasteiger partial charge in [0.05, 0.1) is 12.1 Å². The number of aromatic nitrogens is 1. The molecule has 0 bridgehead atoms. The van der Waals surface area contributed by atoms with Crippen molar-refractivity contribution in [3.8, 4) is 0 Å². The SMILES string of the molecule is Cc1ccccc1CC(=O)O[C@@H](c1ccccc1)c1ccccn1. The molecule has 0 N–H and O–H groups in total. The zero-order chi connectivity index (χ0) is 16.8. The van der Waals surface area contributed by atoms with E-state index in [1.165, 1.54) is 0 Å². The molecule has 0 unspecified atom stereocenters. The zero-order valence-electron chi connectivity index (χ0n) is 13.6. The first-order valence-electron chi connectivity index (χ1n) is 7.94. The van der Waals surface area contributed by atoms with E-state index in [1.54, 1.807) is 6.20 Å². The van der Waals surface area contributed by atoms with Crippen LogP contribution >= 0.6 is 0 Å². The van der Waals surface area contributed by atoms with E-state index in [1.807, 2.05) is 79.7 Å². The van der Waals surface area contributed by atoms with E-state index in [-0.39, 0.29) is 12.4 Å². The van der Waals surface area contributed by atoms with Gasteiger partial charge in [0.15, 0.2) is 6.10 Å². The fraction of sp³-hybridized carbons (Fsp3) is 0.143. The summed E-state index contributed by atoms with van der Waals surface area (Å²) in [5.74, 6) is -0.260. The van der Waals surface area contributed by atoms with Crippen molar-refractivity contribution in [1.29, 1.82) is 0 Å². The van der Waals surface area contributed by atoms with Crippen LogP contribution in [0.4, 0.5) is 0 Å². The Bertz CT molecular complexity index is 761. The average Bonchev–Trinajstić information content (AvgIpc) is 2.63. The third-order valence-electron chi connectivity index (χ3n) is 3.90. The summed E-state index contributed by atoms with van der Waals surface area (Å²) < 4.78 is 5.78. The van der Waals surface area contributed by atoms with Crippen LogP contribution in [0.5, 0.6) is 0 Å². The number of aryl methyl sites for hydroxylation is 1. The monoisotopic (exact) mass is 317 g/mol. The van der Waals surface area contributed by atoms with Crippen molar-refractivity contribution in [1.82, 2.24) is 4.98 Å². The molecule has 1 aromatic heterocycles. The first-order valence-corrected chi connectivity index (χ1v) is 7.94.